The Morgan fingerprint density at radius 1 is 1.06 bits per heavy atom. The van der Waals surface area contributed by atoms with E-state index in [1.165, 1.54) is 35.5 Å². The van der Waals surface area contributed by atoms with Crippen LogP contribution in [0.3, 0.4) is 0 Å². The Morgan fingerprint density at radius 2 is 1.75 bits per heavy atom. The summed E-state index contributed by atoms with van der Waals surface area (Å²) in [6, 6.07) is 9.04. The Kier molecular flexibility index (Phi) is 7.78. The zero-order valence-corrected chi connectivity index (χ0v) is 18.8. The Hall–Kier alpha value is -3.02. The van der Waals surface area contributed by atoms with Crippen LogP contribution in [0.15, 0.2) is 47.5 Å². The van der Waals surface area contributed by atoms with Gasteiger partial charge in [0.1, 0.15) is 12.3 Å². The van der Waals surface area contributed by atoms with Gasteiger partial charge in [-0.1, -0.05) is 0 Å². The number of aromatic nitrogens is 1. The van der Waals surface area contributed by atoms with Crippen molar-refractivity contribution >= 4 is 27.5 Å². The summed E-state index contributed by atoms with van der Waals surface area (Å²) in [6.07, 6.45) is 1.55. The molecule has 0 saturated carbocycles. The van der Waals surface area contributed by atoms with Gasteiger partial charge >= 0.3 is 0 Å². The summed E-state index contributed by atoms with van der Waals surface area (Å²) in [5.41, 5.74) is 0.686. The van der Waals surface area contributed by atoms with Crippen molar-refractivity contribution in [3.05, 3.63) is 48.2 Å². The van der Waals surface area contributed by atoms with E-state index in [1.54, 1.807) is 30.3 Å². The zero-order chi connectivity index (χ0) is 23.1. The monoisotopic (exact) mass is 462 g/mol. The second-order valence-electron chi connectivity index (χ2n) is 7.09. The van der Waals surface area contributed by atoms with Crippen molar-refractivity contribution in [1.82, 2.24) is 14.2 Å². The number of nitrogens with one attached hydrogen (secondary N) is 1. The quantitative estimate of drug-likeness (QED) is 0.586. The van der Waals surface area contributed by atoms with Crippen LogP contribution >= 0.6 is 0 Å². The molecule has 32 heavy (non-hydrogen) atoms. The van der Waals surface area contributed by atoms with Gasteiger partial charge in [0.2, 0.25) is 21.8 Å². The highest BCUT2D eigenvalue weighted by atomic mass is 32.2. The zero-order valence-electron chi connectivity index (χ0n) is 18.0. The first-order valence-corrected chi connectivity index (χ1v) is 11.5. The lowest BCUT2D eigenvalue weighted by atomic mass is 10.2. The van der Waals surface area contributed by atoms with Gasteiger partial charge < -0.3 is 19.7 Å². The number of methoxy groups -OCH3 is 1. The molecule has 0 radical (unpaired) electrons. The smallest absolute Gasteiger partial charge is 0.255 e. The first-order chi connectivity index (χ1) is 15.3. The molecule has 2 amide bonds. The van der Waals surface area contributed by atoms with Crippen molar-refractivity contribution in [3.8, 4) is 5.88 Å². The van der Waals surface area contributed by atoms with Crippen LogP contribution in [0.1, 0.15) is 17.3 Å². The molecular formula is C21H26N4O6S. The van der Waals surface area contributed by atoms with Gasteiger partial charge in [-0.2, -0.15) is 4.31 Å². The van der Waals surface area contributed by atoms with E-state index in [1.807, 2.05) is 0 Å². The molecule has 1 aliphatic heterocycles. The number of carbonyl (C=O) groups is 2. The van der Waals surface area contributed by atoms with E-state index in [2.05, 4.69) is 10.3 Å². The third kappa shape index (κ3) is 5.61. The summed E-state index contributed by atoms with van der Waals surface area (Å²) >= 11 is 0. The Bertz CT molecular complexity index is 1050. The van der Waals surface area contributed by atoms with Crippen molar-refractivity contribution in [1.29, 1.82) is 0 Å². The number of carbonyl (C=O) groups excluding carboxylic acids is 2. The van der Waals surface area contributed by atoms with E-state index >= 15 is 0 Å². The van der Waals surface area contributed by atoms with Crippen LogP contribution in [-0.2, 0) is 19.6 Å². The van der Waals surface area contributed by atoms with Crippen molar-refractivity contribution in [2.75, 3.05) is 51.8 Å². The van der Waals surface area contributed by atoms with Crippen LogP contribution in [0.2, 0.25) is 0 Å². The minimum atomic E-state index is -3.71. The maximum absolute atomic E-state index is 12.9. The molecule has 1 aromatic heterocycles. The number of rotatable bonds is 8. The summed E-state index contributed by atoms with van der Waals surface area (Å²) in [4.78, 5) is 29.9. The molecule has 2 aromatic rings. The molecule has 0 atom stereocenters. The van der Waals surface area contributed by atoms with Gasteiger partial charge in [-0.15, -0.1) is 0 Å². The molecule has 11 heteroatoms. The first-order valence-electron chi connectivity index (χ1n) is 10.1. The summed E-state index contributed by atoms with van der Waals surface area (Å²) in [6.45, 7) is 3.30. The van der Waals surface area contributed by atoms with E-state index < -0.39 is 15.9 Å². The Morgan fingerprint density at radius 3 is 2.38 bits per heavy atom. The number of hydrogen-bond donors (Lipinski definition) is 1. The predicted octanol–water partition coefficient (Wildman–Crippen LogP) is 1.21. The van der Waals surface area contributed by atoms with Crippen molar-refractivity contribution < 1.29 is 27.5 Å². The van der Waals surface area contributed by atoms with Crippen molar-refractivity contribution in [2.45, 2.75) is 11.8 Å². The van der Waals surface area contributed by atoms with Crippen LogP contribution in [0.5, 0.6) is 5.88 Å². The van der Waals surface area contributed by atoms with E-state index in [-0.39, 0.29) is 41.9 Å². The molecule has 1 aromatic carbocycles. The first kappa shape index (κ1) is 23.6. The highest BCUT2D eigenvalue weighted by Crippen LogP contribution is 2.22. The van der Waals surface area contributed by atoms with Crippen LogP contribution < -0.4 is 10.1 Å². The number of piperazine rings is 1. The largest absolute Gasteiger partial charge is 0.474 e. The fourth-order valence-corrected chi connectivity index (χ4v) is 4.61. The van der Waals surface area contributed by atoms with E-state index in [0.717, 1.165) is 0 Å². The molecule has 1 fully saturated rings. The standard InChI is InChI=1S/C21H26N4O6S/c1-16(26)24-10-12-25(13-11-24)32(28,29)18-7-5-17(6-8-18)20(27)23-19-4-3-9-22-21(19)31-15-14-30-2/h3-9H,10-15H2,1-2H3,(H,23,27). The molecule has 2 heterocycles. The lowest BCUT2D eigenvalue weighted by Crippen LogP contribution is -2.49. The second-order valence-corrected chi connectivity index (χ2v) is 9.02. The summed E-state index contributed by atoms with van der Waals surface area (Å²) in [5, 5.41) is 2.73. The third-order valence-electron chi connectivity index (χ3n) is 4.98. The summed E-state index contributed by atoms with van der Waals surface area (Å²) in [5.74, 6) is -0.228. The molecule has 1 saturated heterocycles. The third-order valence-corrected chi connectivity index (χ3v) is 6.90. The van der Waals surface area contributed by atoms with Crippen LogP contribution in [-0.4, -0.2) is 80.9 Å². The lowest BCUT2D eigenvalue weighted by molar-refractivity contribution is -0.129. The van der Waals surface area contributed by atoms with Gasteiger partial charge in [-0.05, 0) is 36.4 Å². The number of anilines is 1. The Balaban J connectivity index is 1.67. The van der Waals surface area contributed by atoms with E-state index in [9.17, 15) is 18.0 Å². The second kappa shape index (κ2) is 10.5. The number of sulfonamides is 1. The molecule has 10 nitrogen and oxygen atoms in total. The van der Waals surface area contributed by atoms with Crippen molar-refractivity contribution in [2.24, 2.45) is 0 Å². The van der Waals surface area contributed by atoms with Crippen molar-refractivity contribution in [3.63, 3.8) is 0 Å². The number of benzene rings is 1. The summed E-state index contributed by atoms with van der Waals surface area (Å²) in [7, 11) is -2.15. The SMILES string of the molecule is COCCOc1ncccc1NC(=O)c1ccc(S(=O)(=O)N2CCN(C(C)=O)CC2)cc1. The molecule has 0 spiro atoms. The van der Waals surface area contributed by atoms with E-state index in [4.69, 9.17) is 9.47 Å². The maximum atomic E-state index is 12.9. The van der Waals surface area contributed by atoms with Crippen LogP contribution in [0.25, 0.3) is 0 Å². The van der Waals surface area contributed by atoms with Gasteiger partial charge in [0.05, 0.1) is 11.5 Å². The van der Waals surface area contributed by atoms with Gasteiger partial charge in [-0.3, -0.25) is 9.59 Å². The highest BCUT2D eigenvalue weighted by Gasteiger charge is 2.29. The van der Waals surface area contributed by atoms with Crippen LogP contribution in [0.4, 0.5) is 5.69 Å². The van der Waals surface area contributed by atoms with Gasteiger partial charge in [-0.25, -0.2) is 13.4 Å². The number of ether oxygens (including phenoxy) is 2. The minimum absolute atomic E-state index is 0.0710. The average Bonchev–Trinajstić information content (AvgIpc) is 2.80. The minimum Gasteiger partial charge on any atom is -0.474 e. The number of amides is 2. The number of hydrogen-bond acceptors (Lipinski definition) is 7. The molecule has 1 aliphatic rings. The van der Waals surface area contributed by atoms with Gasteiger partial charge in [0.25, 0.3) is 5.91 Å². The molecule has 0 unspecified atom stereocenters. The maximum Gasteiger partial charge on any atom is 0.255 e. The molecular weight excluding hydrogens is 436 g/mol. The molecule has 0 aliphatic carbocycles. The highest BCUT2D eigenvalue weighted by molar-refractivity contribution is 7.89. The van der Waals surface area contributed by atoms with Gasteiger partial charge in [0.15, 0.2) is 0 Å². The molecule has 1 N–H and O–H groups in total. The van der Waals surface area contributed by atoms with Gasteiger partial charge in [0, 0.05) is 52.0 Å². The molecule has 3 rings (SSSR count). The Labute approximate surface area is 187 Å². The fourth-order valence-electron chi connectivity index (χ4n) is 3.19. The predicted molar refractivity (Wildman–Crippen MR) is 117 cm³/mol. The normalized spacial score (nSPS) is 14.8. The lowest BCUT2D eigenvalue weighted by Gasteiger charge is -2.33. The molecule has 0 bridgehead atoms. The number of pyridine rings is 1. The summed E-state index contributed by atoms with van der Waals surface area (Å²) < 4.78 is 37.6. The van der Waals surface area contributed by atoms with E-state index in [0.29, 0.717) is 25.4 Å². The topological polar surface area (TPSA) is 118 Å². The van der Waals surface area contributed by atoms with Crippen LogP contribution in [0, 0.1) is 0 Å². The number of nitrogens with zero attached hydrogens (tertiary/aromatic N) is 3. The average molecular weight is 463 g/mol. The fraction of sp³-hybridized carbons (Fsp3) is 0.381. The molecule has 172 valence electrons.